The van der Waals surface area contributed by atoms with Crippen LogP contribution in [0, 0.1) is 13.8 Å². The highest BCUT2D eigenvalue weighted by Gasteiger charge is 2.09. The quantitative estimate of drug-likeness (QED) is 0.775. The number of benzene rings is 1. The van der Waals surface area contributed by atoms with Gasteiger partial charge >= 0.3 is 5.97 Å². The SMILES string of the molecule is CCOC(=O)c1cccc(-n2c(C)ccc2C)c1. The van der Waals surface area contributed by atoms with E-state index in [0.29, 0.717) is 12.2 Å². The van der Waals surface area contributed by atoms with E-state index in [1.54, 1.807) is 6.07 Å². The second-order valence-corrected chi connectivity index (χ2v) is 4.22. The molecule has 1 aromatic heterocycles. The highest BCUT2D eigenvalue weighted by atomic mass is 16.5. The molecule has 0 aliphatic carbocycles. The molecule has 3 nitrogen and oxygen atoms in total. The van der Waals surface area contributed by atoms with E-state index in [-0.39, 0.29) is 5.97 Å². The van der Waals surface area contributed by atoms with Crippen LogP contribution in [0.3, 0.4) is 0 Å². The lowest BCUT2D eigenvalue weighted by atomic mass is 10.2. The van der Waals surface area contributed by atoms with Crippen LogP contribution in [0.25, 0.3) is 5.69 Å². The van der Waals surface area contributed by atoms with Crippen molar-refractivity contribution in [2.45, 2.75) is 20.8 Å². The molecule has 2 rings (SSSR count). The Bertz CT molecular complexity index is 550. The summed E-state index contributed by atoms with van der Waals surface area (Å²) in [6.45, 7) is 6.29. The summed E-state index contributed by atoms with van der Waals surface area (Å²) in [6, 6.07) is 11.6. The van der Waals surface area contributed by atoms with Gasteiger partial charge in [0.25, 0.3) is 0 Å². The lowest BCUT2D eigenvalue weighted by Crippen LogP contribution is -2.06. The number of rotatable bonds is 3. The van der Waals surface area contributed by atoms with E-state index in [9.17, 15) is 4.79 Å². The number of aryl methyl sites for hydroxylation is 2. The van der Waals surface area contributed by atoms with E-state index in [1.807, 2.05) is 39.0 Å². The molecular weight excluding hydrogens is 226 g/mol. The number of hydrogen-bond acceptors (Lipinski definition) is 2. The van der Waals surface area contributed by atoms with Crippen LogP contribution in [0.5, 0.6) is 0 Å². The highest BCUT2D eigenvalue weighted by Crippen LogP contribution is 2.17. The zero-order valence-corrected chi connectivity index (χ0v) is 10.9. The number of hydrogen-bond donors (Lipinski definition) is 0. The minimum atomic E-state index is -0.276. The Labute approximate surface area is 107 Å². The monoisotopic (exact) mass is 243 g/mol. The molecule has 1 heterocycles. The van der Waals surface area contributed by atoms with Gasteiger partial charge in [0.15, 0.2) is 0 Å². The zero-order valence-electron chi connectivity index (χ0n) is 10.9. The zero-order chi connectivity index (χ0) is 13.1. The van der Waals surface area contributed by atoms with Crippen LogP contribution in [0.2, 0.25) is 0 Å². The Hall–Kier alpha value is -2.03. The molecular formula is C15H17NO2. The topological polar surface area (TPSA) is 31.2 Å². The molecule has 0 aliphatic heterocycles. The van der Waals surface area contributed by atoms with Gasteiger partial charge in [0.2, 0.25) is 0 Å². The standard InChI is InChI=1S/C15H17NO2/c1-4-18-15(17)13-6-5-7-14(10-13)16-11(2)8-9-12(16)3/h5-10H,4H2,1-3H3. The third-order valence-corrected chi connectivity index (χ3v) is 2.89. The van der Waals surface area contributed by atoms with Crippen LogP contribution in [0.4, 0.5) is 0 Å². The van der Waals surface area contributed by atoms with Crippen molar-refractivity contribution < 1.29 is 9.53 Å². The summed E-state index contributed by atoms with van der Waals surface area (Å²) >= 11 is 0. The molecule has 0 saturated carbocycles. The van der Waals surface area contributed by atoms with Crippen molar-refractivity contribution in [3.8, 4) is 5.69 Å². The summed E-state index contributed by atoms with van der Waals surface area (Å²) in [5.74, 6) is -0.276. The Morgan fingerprint density at radius 3 is 2.44 bits per heavy atom. The minimum Gasteiger partial charge on any atom is -0.462 e. The van der Waals surface area contributed by atoms with Crippen molar-refractivity contribution in [2.75, 3.05) is 6.61 Å². The smallest absolute Gasteiger partial charge is 0.338 e. The van der Waals surface area contributed by atoms with Gasteiger partial charge in [-0.3, -0.25) is 0 Å². The predicted molar refractivity (Wildman–Crippen MR) is 71.2 cm³/mol. The van der Waals surface area contributed by atoms with Crippen LogP contribution in [-0.4, -0.2) is 17.1 Å². The molecule has 0 fully saturated rings. The number of ether oxygens (including phenoxy) is 1. The lowest BCUT2D eigenvalue weighted by Gasteiger charge is -2.10. The van der Waals surface area contributed by atoms with Gasteiger partial charge in [-0.05, 0) is 51.1 Å². The molecule has 2 aromatic rings. The fraction of sp³-hybridized carbons (Fsp3) is 0.267. The van der Waals surface area contributed by atoms with Gasteiger partial charge in [-0.25, -0.2) is 4.79 Å². The van der Waals surface area contributed by atoms with Gasteiger partial charge in [-0.15, -0.1) is 0 Å². The van der Waals surface area contributed by atoms with E-state index < -0.39 is 0 Å². The Balaban J connectivity index is 2.42. The molecule has 3 heteroatoms. The van der Waals surface area contributed by atoms with Crippen LogP contribution < -0.4 is 0 Å². The average Bonchev–Trinajstić information content (AvgIpc) is 2.69. The molecule has 0 N–H and O–H groups in total. The third kappa shape index (κ3) is 2.30. The average molecular weight is 243 g/mol. The molecule has 94 valence electrons. The van der Waals surface area contributed by atoms with Crippen LogP contribution in [0.15, 0.2) is 36.4 Å². The minimum absolute atomic E-state index is 0.276. The molecule has 0 bridgehead atoms. The van der Waals surface area contributed by atoms with E-state index in [1.165, 1.54) is 0 Å². The Morgan fingerprint density at radius 2 is 1.83 bits per heavy atom. The second kappa shape index (κ2) is 5.08. The third-order valence-electron chi connectivity index (χ3n) is 2.89. The maximum atomic E-state index is 11.7. The number of carbonyl (C=O) groups excluding carboxylic acids is 1. The predicted octanol–water partition coefficient (Wildman–Crippen LogP) is 3.27. The van der Waals surface area contributed by atoms with Gasteiger partial charge in [0, 0.05) is 17.1 Å². The highest BCUT2D eigenvalue weighted by molar-refractivity contribution is 5.90. The molecule has 0 radical (unpaired) electrons. The van der Waals surface area contributed by atoms with Crippen LogP contribution in [-0.2, 0) is 4.74 Å². The first-order valence-electron chi connectivity index (χ1n) is 6.06. The maximum Gasteiger partial charge on any atom is 0.338 e. The molecule has 0 unspecified atom stereocenters. The first-order valence-corrected chi connectivity index (χ1v) is 6.06. The van der Waals surface area contributed by atoms with Crippen molar-refractivity contribution in [1.29, 1.82) is 0 Å². The normalized spacial score (nSPS) is 10.4. The number of carbonyl (C=O) groups is 1. The van der Waals surface area contributed by atoms with E-state index >= 15 is 0 Å². The summed E-state index contributed by atoms with van der Waals surface area (Å²) in [5, 5.41) is 0. The van der Waals surface area contributed by atoms with Crippen LogP contribution >= 0.6 is 0 Å². The van der Waals surface area contributed by atoms with E-state index in [0.717, 1.165) is 17.1 Å². The lowest BCUT2D eigenvalue weighted by molar-refractivity contribution is 0.0526. The van der Waals surface area contributed by atoms with E-state index in [2.05, 4.69) is 16.7 Å². The number of nitrogens with zero attached hydrogens (tertiary/aromatic N) is 1. The van der Waals surface area contributed by atoms with Crippen LogP contribution in [0.1, 0.15) is 28.7 Å². The van der Waals surface area contributed by atoms with Crippen molar-refractivity contribution in [2.24, 2.45) is 0 Å². The van der Waals surface area contributed by atoms with Gasteiger partial charge in [0.1, 0.15) is 0 Å². The largest absolute Gasteiger partial charge is 0.462 e. The second-order valence-electron chi connectivity index (χ2n) is 4.22. The Kier molecular flexibility index (Phi) is 3.51. The van der Waals surface area contributed by atoms with Crippen molar-refractivity contribution in [3.63, 3.8) is 0 Å². The maximum absolute atomic E-state index is 11.7. The Morgan fingerprint density at radius 1 is 1.17 bits per heavy atom. The van der Waals surface area contributed by atoms with Gasteiger partial charge in [-0.1, -0.05) is 6.07 Å². The summed E-state index contributed by atoms with van der Waals surface area (Å²) < 4.78 is 7.13. The van der Waals surface area contributed by atoms with Gasteiger partial charge < -0.3 is 9.30 Å². The summed E-state index contributed by atoms with van der Waals surface area (Å²) in [7, 11) is 0. The fourth-order valence-corrected chi connectivity index (χ4v) is 2.06. The first-order chi connectivity index (χ1) is 8.63. The summed E-state index contributed by atoms with van der Waals surface area (Å²) in [6.07, 6.45) is 0. The molecule has 18 heavy (non-hydrogen) atoms. The molecule has 0 amide bonds. The number of aromatic nitrogens is 1. The fourth-order valence-electron chi connectivity index (χ4n) is 2.06. The van der Waals surface area contributed by atoms with Gasteiger partial charge in [-0.2, -0.15) is 0 Å². The molecule has 0 saturated heterocycles. The summed E-state index contributed by atoms with van der Waals surface area (Å²) in [5.41, 5.74) is 3.87. The van der Waals surface area contributed by atoms with Crippen molar-refractivity contribution >= 4 is 5.97 Å². The van der Waals surface area contributed by atoms with E-state index in [4.69, 9.17) is 4.74 Å². The van der Waals surface area contributed by atoms with Crippen molar-refractivity contribution in [3.05, 3.63) is 53.3 Å². The summed E-state index contributed by atoms with van der Waals surface area (Å²) in [4.78, 5) is 11.7. The molecule has 1 aromatic carbocycles. The first kappa shape index (κ1) is 12.4. The molecule has 0 aliphatic rings. The van der Waals surface area contributed by atoms with Crippen molar-refractivity contribution in [1.82, 2.24) is 4.57 Å². The molecule has 0 spiro atoms. The number of esters is 1. The molecule has 0 atom stereocenters. The van der Waals surface area contributed by atoms with Gasteiger partial charge in [0.05, 0.1) is 12.2 Å².